The van der Waals surface area contributed by atoms with Crippen molar-refractivity contribution in [1.29, 1.82) is 5.41 Å². The van der Waals surface area contributed by atoms with Gasteiger partial charge in [-0.25, -0.2) is 0 Å². The molecule has 3 aromatic carbocycles. The van der Waals surface area contributed by atoms with Gasteiger partial charge in [-0.3, -0.25) is 30.0 Å². The zero-order valence-corrected chi connectivity index (χ0v) is 19.1. The molecule has 1 heterocycles. The van der Waals surface area contributed by atoms with Crippen LogP contribution in [0.1, 0.15) is 43.0 Å². The SMILES string of the molecule is COC(=N)c1ccc(CCc2ccc(CN3C(=O)c4ccccc4C3=O)cc2[N+](=O)[O-])cc1.Cl. The molecule has 34 heavy (non-hydrogen) atoms. The van der Waals surface area contributed by atoms with Crippen LogP contribution in [0.2, 0.25) is 0 Å². The van der Waals surface area contributed by atoms with Crippen LogP contribution in [0.3, 0.4) is 0 Å². The summed E-state index contributed by atoms with van der Waals surface area (Å²) < 4.78 is 4.90. The number of carbonyl (C=O) groups excluding carboxylic acids is 2. The maximum absolute atomic E-state index is 12.6. The Labute approximate surface area is 202 Å². The summed E-state index contributed by atoms with van der Waals surface area (Å²) in [5.74, 6) is -0.717. The van der Waals surface area contributed by atoms with Crippen molar-refractivity contribution in [3.63, 3.8) is 0 Å². The maximum atomic E-state index is 12.6. The quantitative estimate of drug-likeness (QED) is 0.175. The van der Waals surface area contributed by atoms with Crippen LogP contribution in [0.5, 0.6) is 0 Å². The topological polar surface area (TPSA) is 114 Å². The molecule has 0 bridgehead atoms. The Balaban J connectivity index is 0.00000324. The second-order valence-corrected chi connectivity index (χ2v) is 7.69. The van der Waals surface area contributed by atoms with Crippen LogP contribution in [-0.4, -0.2) is 34.6 Å². The van der Waals surface area contributed by atoms with E-state index in [2.05, 4.69) is 0 Å². The lowest BCUT2D eigenvalue weighted by Gasteiger charge is -2.14. The van der Waals surface area contributed by atoms with Crippen LogP contribution in [0, 0.1) is 15.5 Å². The van der Waals surface area contributed by atoms with E-state index in [-0.39, 0.29) is 30.5 Å². The highest BCUT2D eigenvalue weighted by Crippen LogP contribution is 2.27. The van der Waals surface area contributed by atoms with Gasteiger partial charge in [-0.2, -0.15) is 0 Å². The number of hydrogen-bond acceptors (Lipinski definition) is 6. The van der Waals surface area contributed by atoms with Crippen LogP contribution < -0.4 is 0 Å². The molecule has 0 saturated heterocycles. The summed E-state index contributed by atoms with van der Waals surface area (Å²) in [6.07, 6.45) is 1.03. The molecule has 1 N–H and O–H groups in total. The fraction of sp³-hybridized carbons (Fsp3) is 0.160. The Hall–Kier alpha value is -4.04. The monoisotopic (exact) mass is 479 g/mol. The summed E-state index contributed by atoms with van der Waals surface area (Å²) in [6, 6.07) is 18.7. The van der Waals surface area contributed by atoms with Gasteiger partial charge in [0, 0.05) is 17.2 Å². The van der Waals surface area contributed by atoms with Crippen molar-refractivity contribution in [3.8, 4) is 0 Å². The predicted octanol–water partition coefficient (Wildman–Crippen LogP) is 4.57. The van der Waals surface area contributed by atoms with Crippen molar-refractivity contribution >= 4 is 35.8 Å². The third-order valence-corrected chi connectivity index (χ3v) is 5.67. The molecule has 0 atom stereocenters. The van der Waals surface area contributed by atoms with Gasteiger partial charge in [-0.15, -0.1) is 12.4 Å². The average molecular weight is 480 g/mol. The number of amides is 2. The lowest BCUT2D eigenvalue weighted by atomic mass is 10.0. The van der Waals surface area contributed by atoms with Crippen LogP contribution in [0.4, 0.5) is 5.69 Å². The third kappa shape index (κ3) is 4.82. The molecule has 0 aliphatic carbocycles. The van der Waals surface area contributed by atoms with Gasteiger partial charge in [0.25, 0.3) is 17.5 Å². The van der Waals surface area contributed by atoms with E-state index < -0.39 is 16.7 Å². The largest absolute Gasteiger partial charge is 0.481 e. The van der Waals surface area contributed by atoms with E-state index in [1.165, 1.54) is 13.2 Å². The summed E-state index contributed by atoms with van der Waals surface area (Å²) >= 11 is 0. The molecule has 3 aromatic rings. The van der Waals surface area contributed by atoms with Crippen molar-refractivity contribution in [3.05, 3.63) is 110 Å². The van der Waals surface area contributed by atoms with Gasteiger partial charge in [-0.05, 0) is 48.2 Å². The molecule has 0 radical (unpaired) electrons. The molecule has 0 fully saturated rings. The van der Waals surface area contributed by atoms with E-state index in [1.54, 1.807) is 48.5 Å². The number of ether oxygens (including phenoxy) is 1. The summed E-state index contributed by atoms with van der Waals surface area (Å²) in [7, 11) is 1.44. The minimum absolute atomic E-state index is 0. The van der Waals surface area contributed by atoms with E-state index >= 15 is 0 Å². The van der Waals surface area contributed by atoms with Crippen molar-refractivity contribution in [2.24, 2.45) is 0 Å². The van der Waals surface area contributed by atoms with Crippen molar-refractivity contribution in [2.45, 2.75) is 19.4 Å². The Morgan fingerprint density at radius 2 is 1.53 bits per heavy atom. The van der Waals surface area contributed by atoms with Gasteiger partial charge in [0.15, 0.2) is 0 Å². The number of nitro groups is 1. The first-order chi connectivity index (χ1) is 15.9. The zero-order valence-electron chi connectivity index (χ0n) is 18.3. The molecule has 0 aromatic heterocycles. The number of aryl methyl sites for hydroxylation is 2. The Bertz CT molecular complexity index is 1240. The Morgan fingerprint density at radius 1 is 0.941 bits per heavy atom. The molecule has 0 saturated carbocycles. The fourth-order valence-electron chi connectivity index (χ4n) is 3.87. The second-order valence-electron chi connectivity index (χ2n) is 7.69. The lowest BCUT2D eigenvalue weighted by Crippen LogP contribution is -2.29. The van der Waals surface area contributed by atoms with Gasteiger partial charge in [0.2, 0.25) is 5.90 Å². The molecule has 0 unspecified atom stereocenters. The van der Waals surface area contributed by atoms with Crippen LogP contribution in [0.15, 0.2) is 66.7 Å². The summed E-state index contributed by atoms with van der Waals surface area (Å²) in [6.45, 7) is -0.0274. The standard InChI is InChI=1S/C25H21N3O5.ClH/c1-33-23(26)19-12-7-16(8-13-19)6-10-18-11-9-17(14-22(18)28(31)32)15-27-24(29)20-4-2-3-5-21(20)25(27)30;/h2-5,7-9,11-14,26H,6,10,15H2,1H3;1H. The van der Waals surface area contributed by atoms with Crippen LogP contribution in [-0.2, 0) is 24.1 Å². The Morgan fingerprint density at radius 3 is 2.09 bits per heavy atom. The zero-order chi connectivity index (χ0) is 23.5. The van der Waals surface area contributed by atoms with Gasteiger partial charge in [0.1, 0.15) is 0 Å². The lowest BCUT2D eigenvalue weighted by molar-refractivity contribution is -0.385. The summed E-state index contributed by atoms with van der Waals surface area (Å²) in [5, 5.41) is 19.4. The van der Waals surface area contributed by atoms with E-state index in [0.717, 1.165) is 10.5 Å². The predicted molar refractivity (Wildman–Crippen MR) is 129 cm³/mol. The number of nitro benzene ring substituents is 1. The number of nitrogens with zero attached hydrogens (tertiary/aromatic N) is 2. The molecule has 9 heteroatoms. The average Bonchev–Trinajstić information content (AvgIpc) is 3.08. The molecule has 174 valence electrons. The Kier molecular flexibility index (Phi) is 7.43. The van der Waals surface area contributed by atoms with E-state index in [4.69, 9.17) is 10.1 Å². The van der Waals surface area contributed by atoms with E-state index in [0.29, 0.717) is 40.7 Å². The third-order valence-electron chi connectivity index (χ3n) is 5.67. The smallest absolute Gasteiger partial charge is 0.272 e. The van der Waals surface area contributed by atoms with Crippen LogP contribution in [0.25, 0.3) is 0 Å². The molecular weight excluding hydrogens is 458 g/mol. The van der Waals surface area contributed by atoms with E-state index in [9.17, 15) is 19.7 Å². The molecule has 8 nitrogen and oxygen atoms in total. The molecule has 1 aliphatic rings. The van der Waals surface area contributed by atoms with Crippen molar-refractivity contribution < 1.29 is 19.2 Å². The number of imide groups is 1. The first kappa shape index (κ1) is 24.6. The van der Waals surface area contributed by atoms with Gasteiger partial charge in [0.05, 0.1) is 29.7 Å². The van der Waals surface area contributed by atoms with Crippen molar-refractivity contribution in [1.82, 2.24) is 4.90 Å². The van der Waals surface area contributed by atoms with Crippen LogP contribution >= 0.6 is 12.4 Å². The van der Waals surface area contributed by atoms with E-state index in [1.807, 2.05) is 12.1 Å². The number of halogens is 1. The number of fused-ring (bicyclic) bond motifs is 1. The fourth-order valence-corrected chi connectivity index (χ4v) is 3.87. The van der Waals surface area contributed by atoms with Crippen molar-refractivity contribution in [2.75, 3.05) is 7.11 Å². The molecule has 0 spiro atoms. The van der Waals surface area contributed by atoms with Gasteiger partial charge < -0.3 is 4.74 Å². The highest BCUT2D eigenvalue weighted by Gasteiger charge is 2.35. The highest BCUT2D eigenvalue weighted by atomic mass is 35.5. The van der Waals surface area contributed by atoms with Gasteiger partial charge >= 0.3 is 0 Å². The summed E-state index contributed by atoms with van der Waals surface area (Å²) in [4.78, 5) is 37.6. The first-order valence-corrected chi connectivity index (χ1v) is 10.3. The maximum Gasteiger partial charge on any atom is 0.272 e. The number of rotatable bonds is 7. The number of carbonyl (C=O) groups is 2. The normalized spacial score (nSPS) is 12.2. The minimum Gasteiger partial charge on any atom is -0.481 e. The number of nitrogens with one attached hydrogen (secondary N) is 1. The second kappa shape index (κ2) is 10.3. The van der Waals surface area contributed by atoms with Gasteiger partial charge in [-0.1, -0.05) is 36.4 Å². The molecule has 1 aliphatic heterocycles. The minimum atomic E-state index is -0.440. The highest BCUT2D eigenvalue weighted by molar-refractivity contribution is 6.21. The molecule has 2 amide bonds. The number of methoxy groups -OCH3 is 1. The first-order valence-electron chi connectivity index (χ1n) is 10.3. The number of hydrogen-bond donors (Lipinski definition) is 1. The number of benzene rings is 3. The summed E-state index contributed by atoms with van der Waals surface area (Å²) in [5.41, 5.74) is 3.38. The molecule has 4 rings (SSSR count). The molecular formula is C25H22ClN3O5.